The largest absolute Gasteiger partial charge is 0.325 e. The molecular formula is C17H21N3OS. The summed E-state index contributed by atoms with van der Waals surface area (Å²) in [7, 11) is 0. The zero-order valence-electron chi connectivity index (χ0n) is 13.0. The van der Waals surface area contributed by atoms with E-state index in [4.69, 9.17) is 0 Å². The van der Waals surface area contributed by atoms with Gasteiger partial charge in [0.05, 0.1) is 5.75 Å². The Morgan fingerprint density at radius 2 is 2.00 bits per heavy atom. The normalized spacial score (nSPS) is 10.5. The van der Waals surface area contributed by atoms with E-state index in [1.165, 1.54) is 36.5 Å². The van der Waals surface area contributed by atoms with E-state index in [9.17, 15) is 4.79 Å². The highest BCUT2D eigenvalue weighted by Crippen LogP contribution is 2.16. The summed E-state index contributed by atoms with van der Waals surface area (Å²) in [6, 6.07) is 9.95. The maximum absolute atomic E-state index is 12.0. The summed E-state index contributed by atoms with van der Waals surface area (Å²) in [6.07, 6.45) is 5.00. The van der Waals surface area contributed by atoms with E-state index in [1.807, 2.05) is 25.1 Å². The third kappa shape index (κ3) is 5.48. The van der Waals surface area contributed by atoms with Crippen LogP contribution in [0.1, 0.15) is 31.0 Å². The van der Waals surface area contributed by atoms with Gasteiger partial charge in [-0.3, -0.25) is 4.79 Å². The number of aromatic nitrogens is 2. The lowest BCUT2D eigenvalue weighted by atomic mass is 10.1. The molecule has 0 saturated heterocycles. The van der Waals surface area contributed by atoms with Gasteiger partial charge in [0.25, 0.3) is 0 Å². The van der Waals surface area contributed by atoms with E-state index in [2.05, 4.69) is 34.3 Å². The average molecular weight is 315 g/mol. The molecule has 0 unspecified atom stereocenters. The highest BCUT2D eigenvalue weighted by Gasteiger charge is 2.05. The molecule has 116 valence electrons. The van der Waals surface area contributed by atoms with Crippen LogP contribution in [0.5, 0.6) is 0 Å². The van der Waals surface area contributed by atoms with Crippen molar-refractivity contribution in [3.63, 3.8) is 0 Å². The second-order valence-corrected chi connectivity index (χ2v) is 6.13. The van der Waals surface area contributed by atoms with Gasteiger partial charge in [0.2, 0.25) is 5.91 Å². The average Bonchev–Trinajstić information content (AvgIpc) is 2.52. The third-order valence-corrected chi connectivity index (χ3v) is 4.11. The number of hydrogen-bond acceptors (Lipinski definition) is 4. The first-order chi connectivity index (χ1) is 10.7. The minimum absolute atomic E-state index is 0.0254. The van der Waals surface area contributed by atoms with E-state index in [-0.39, 0.29) is 5.91 Å². The van der Waals surface area contributed by atoms with Crippen LogP contribution in [0.4, 0.5) is 5.69 Å². The summed E-state index contributed by atoms with van der Waals surface area (Å²) < 4.78 is 0. The molecule has 1 amide bonds. The summed E-state index contributed by atoms with van der Waals surface area (Å²) in [5.41, 5.74) is 3.05. The predicted molar refractivity (Wildman–Crippen MR) is 91.2 cm³/mol. The van der Waals surface area contributed by atoms with Crippen LogP contribution in [0.2, 0.25) is 0 Å². The molecule has 0 radical (unpaired) electrons. The molecule has 0 aliphatic carbocycles. The minimum Gasteiger partial charge on any atom is -0.325 e. The first-order valence-corrected chi connectivity index (χ1v) is 8.46. The van der Waals surface area contributed by atoms with Crippen molar-refractivity contribution in [2.24, 2.45) is 0 Å². The van der Waals surface area contributed by atoms with Gasteiger partial charge < -0.3 is 5.32 Å². The molecule has 1 N–H and O–H groups in total. The van der Waals surface area contributed by atoms with Gasteiger partial charge in [-0.05, 0) is 43.5 Å². The van der Waals surface area contributed by atoms with Crippen LogP contribution >= 0.6 is 11.8 Å². The van der Waals surface area contributed by atoms with Gasteiger partial charge in [-0.25, -0.2) is 9.97 Å². The molecule has 5 heteroatoms. The fourth-order valence-electron chi connectivity index (χ4n) is 1.98. The molecular weight excluding hydrogens is 294 g/mol. The van der Waals surface area contributed by atoms with Crippen LogP contribution < -0.4 is 5.32 Å². The van der Waals surface area contributed by atoms with Crippen LogP contribution in [0.15, 0.2) is 41.7 Å². The molecule has 0 spiro atoms. The number of benzene rings is 1. The van der Waals surface area contributed by atoms with Crippen LogP contribution in [0.25, 0.3) is 0 Å². The number of aryl methyl sites for hydroxylation is 2. The number of thioether (sulfide) groups is 1. The smallest absolute Gasteiger partial charge is 0.234 e. The molecule has 4 nitrogen and oxygen atoms in total. The molecule has 1 aromatic carbocycles. The maximum Gasteiger partial charge on any atom is 0.234 e. The summed E-state index contributed by atoms with van der Waals surface area (Å²) in [5, 5.41) is 3.72. The minimum atomic E-state index is -0.0254. The Balaban J connectivity index is 1.81. The molecule has 1 heterocycles. The number of rotatable bonds is 7. The standard InChI is InChI=1S/C17H21N3OS/c1-3-4-5-14-6-8-15(9-7-14)20-16(21)11-22-17-10-13(2)18-12-19-17/h6-10,12H,3-5,11H2,1-2H3,(H,20,21). The maximum atomic E-state index is 12.0. The van der Waals surface area contributed by atoms with Crippen LogP contribution in [0, 0.1) is 6.92 Å². The summed E-state index contributed by atoms with van der Waals surface area (Å²) in [5.74, 6) is 0.316. The molecule has 1 aromatic heterocycles. The van der Waals surface area contributed by atoms with Crippen molar-refractivity contribution in [1.82, 2.24) is 9.97 Å². The summed E-state index contributed by atoms with van der Waals surface area (Å²) in [4.78, 5) is 20.1. The summed E-state index contributed by atoms with van der Waals surface area (Å²) in [6.45, 7) is 4.09. The molecule has 0 aliphatic rings. The Morgan fingerprint density at radius 1 is 1.23 bits per heavy atom. The van der Waals surface area contributed by atoms with Gasteiger partial charge in [0.1, 0.15) is 11.4 Å². The van der Waals surface area contributed by atoms with Gasteiger partial charge in [0, 0.05) is 11.4 Å². The number of nitrogens with one attached hydrogen (secondary N) is 1. The van der Waals surface area contributed by atoms with Crippen molar-refractivity contribution in [2.45, 2.75) is 38.1 Å². The number of carbonyl (C=O) groups excluding carboxylic acids is 1. The molecule has 0 fully saturated rings. The fourth-order valence-corrected chi connectivity index (χ4v) is 2.71. The number of carbonyl (C=O) groups is 1. The lowest BCUT2D eigenvalue weighted by molar-refractivity contribution is -0.113. The van der Waals surface area contributed by atoms with E-state index in [1.54, 1.807) is 0 Å². The van der Waals surface area contributed by atoms with Crippen LogP contribution in [-0.4, -0.2) is 21.6 Å². The summed E-state index contributed by atoms with van der Waals surface area (Å²) >= 11 is 1.41. The Bertz CT molecular complexity index is 614. The molecule has 2 rings (SSSR count). The monoisotopic (exact) mass is 315 g/mol. The van der Waals surface area contributed by atoms with Crippen molar-refractivity contribution in [1.29, 1.82) is 0 Å². The number of amides is 1. The first kappa shape index (κ1) is 16.5. The number of anilines is 1. The van der Waals surface area contributed by atoms with Crippen molar-refractivity contribution < 1.29 is 4.79 Å². The SMILES string of the molecule is CCCCc1ccc(NC(=O)CSc2cc(C)ncn2)cc1. The zero-order chi connectivity index (χ0) is 15.8. The van der Waals surface area contributed by atoms with Gasteiger partial charge in [-0.2, -0.15) is 0 Å². The molecule has 0 aliphatic heterocycles. The Labute approximate surface area is 135 Å². The number of unbranched alkanes of at least 4 members (excludes halogenated alkanes) is 1. The first-order valence-electron chi connectivity index (χ1n) is 7.47. The molecule has 0 bridgehead atoms. The molecule has 2 aromatic rings. The third-order valence-electron chi connectivity index (χ3n) is 3.19. The predicted octanol–water partition coefficient (Wildman–Crippen LogP) is 3.86. The molecule has 0 saturated carbocycles. The number of nitrogens with zero attached hydrogens (tertiary/aromatic N) is 2. The van der Waals surface area contributed by atoms with E-state index >= 15 is 0 Å². The second-order valence-electron chi connectivity index (χ2n) is 5.13. The lowest BCUT2D eigenvalue weighted by Gasteiger charge is -2.06. The second kappa shape index (κ2) is 8.54. The highest BCUT2D eigenvalue weighted by atomic mass is 32.2. The fraction of sp³-hybridized carbons (Fsp3) is 0.353. The van der Waals surface area contributed by atoms with E-state index < -0.39 is 0 Å². The van der Waals surface area contributed by atoms with Gasteiger partial charge in [0.15, 0.2) is 0 Å². The highest BCUT2D eigenvalue weighted by molar-refractivity contribution is 7.99. The van der Waals surface area contributed by atoms with Gasteiger partial charge in [-0.1, -0.05) is 37.2 Å². The van der Waals surface area contributed by atoms with Crippen LogP contribution in [0.3, 0.4) is 0 Å². The van der Waals surface area contributed by atoms with Crippen molar-refractivity contribution in [2.75, 3.05) is 11.1 Å². The molecule has 22 heavy (non-hydrogen) atoms. The van der Waals surface area contributed by atoms with Crippen molar-refractivity contribution in [3.8, 4) is 0 Å². The quantitative estimate of drug-likeness (QED) is 0.622. The number of hydrogen-bond donors (Lipinski definition) is 1. The van der Waals surface area contributed by atoms with E-state index in [0.29, 0.717) is 5.75 Å². The Kier molecular flexibility index (Phi) is 6.40. The Hall–Kier alpha value is -1.88. The topological polar surface area (TPSA) is 54.9 Å². The Morgan fingerprint density at radius 3 is 2.68 bits per heavy atom. The molecule has 0 atom stereocenters. The van der Waals surface area contributed by atoms with Gasteiger partial charge in [-0.15, -0.1) is 0 Å². The van der Waals surface area contributed by atoms with E-state index in [0.717, 1.165) is 22.8 Å². The lowest BCUT2D eigenvalue weighted by Crippen LogP contribution is -2.14. The van der Waals surface area contributed by atoms with Crippen molar-refractivity contribution in [3.05, 3.63) is 47.9 Å². The van der Waals surface area contributed by atoms with Gasteiger partial charge >= 0.3 is 0 Å². The zero-order valence-corrected chi connectivity index (χ0v) is 13.8. The van der Waals surface area contributed by atoms with Crippen LogP contribution in [-0.2, 0) is 11.2 Å². The van der Waals surface area contributed by atoms with Crippen molar-refractivity contribution >= 4 is 23.4 Å².